The van der Waals surface area contributed by atoms with E-state index in [2.05, 4.69) is 9.98 Å². The monoisotopic (exact) mass is 424 g/mol. The average molecular weight is 424 g/mol. The minimum absolute atomic E-state index is 0.0592. The number of pyridine rings is 2. The Hall–Kier alpha value is -3.33. The maximum atomic E-state index is 13.2. The molecule has 4 rings (SSSR count). The van der Waals surface area contributed by atoms with Crippen LogP contribution in [0.5, 0.6) is 0 Å². The van der Waals surface area contributed by atoms with Crippen LogP contribution in [0.25, 0.3) is 16.7 Å². The van der Waals surface area contributed by atoms with Gasteiger partial charge in [0, 0.05) is 19.2 Å². The van der Waals surface area contributed by atoms with Crippen LogP contribution in [0.1, 0.15) is 43.5 Å². The summed E-state index contributed by atoms with van der Waals surface area (Å²) in [5.74, 6) is -1.03. The molecule has 9 heteroatoms. The summed E-state index contributed by atoms with van der Waals surface area (Å²) < 4.78 is 14.1. The molecule has 31 heavy (non-hydrogen) atoms. The normalized spacial score (nSPS) is 16.8. The summed E-state index contributed by atoms with van der Waals surface area (Å²) in [6.45, 7) is 4.49. The van der Waals surface area contributed by atoms with Gasteiger partial charge in [0.25, 0.3) is 5.56 Å². The molecule has 1 fully saturated rings. The number of nitrogens with zero attached hydrogens (tertiary/aromatic N) is 4. The van der Waals surface area contributed by atoms with E-state index in [9.17, 15) is 14.4 Å². The van der Waals surface area contributed by atoms with Crippen LogP contribution in [0.15, 0.2) is 40.2 Å². The average Bonchev–Trinajstić information content (AvgIpc) is 3.29. The lowest BCUT2D eigenvalue weighted by Gasteiger charge is -2.17. The van der Waals surface area contributed by atoms with Gasteiger partial charge < -0.3 is 14.0 Å². The third-order valence-electron chi connectivity index (χ3n) is 5.23. The summed E-state index contributed by atoms with van der Waals surface area (Å²) in [5.41, 5.74) is 0.685. The van der Waals surface area contributed by atoms with Crippen LogP contribution < -0.4 is 11.0 Å². The molecule has 1 aliphatic heterocycles. The molecular weight excluding hydrogens is 400 g/mol. The van der Waals surface area contributed by atoms with E-state index in [1.807, 2.05) is 0 Å². The van der Waals surface area contributed by atoms with Crippen molar-refractivity contribution in [3.8, 4) is 0 Å². The number of fused-ring (bicyclic) bond motifs is 2. The molecule has 0 saturated carbocycles. The van der Waals surface area contributed by atoms with Crippen molar-refractivity contribution in [3.63, 3.8) is 0 Å². The van der Waals surface area contributed by atoms with Gasteiger partial charge in [-0.2, -0.15) is 4.99 Å². The second-order valence-electron chi connectivity index (χ2n) is 7.29. The van der Waals surface area contributed by atoms with Crippen LogP contribution in [-0.4, -0.2) is 45.1 Å². The minimum Gasteiger partial charge on any atom is -0.462 e. The molecule has 1 unspecified atom stereocenters. The highest BCUT2D eigenvalue weighted by molar-refractivity contribution is 5.93. The fourth-order valence-electron chi connectivity index (χ4n) is 3.72. The summed E-state index contributed by atoms with van der Waals surface area (Å²) in [7, 11) is 0. The molecule has 3 aromatic rings. The second-order valence-corrected chi connectivity index (χ2v) is 7.29. The van der Waals surface area contributed by atoms with Gasteiger partial charge in [0.2, 0.25) is 5.91 Å². The highest BCUT2D eigenvalue weighted by atomic mass is 16.5. The largest absolute Gasteiger partial charge is 0.462 e. The van der Waals surface area contributed by atoms with E-state index in [0.29, 0.717) is 24.4 Å². The Kier molecular flexibility index (Phi) is 5.94. The predicted molar refractivity (Wildman–Crippen MR) is 113 cm³/mol. The van der Waals surface area contributed by atoms with E-state index in [4.69, 9.17) is 9.47 Å². The first kappa shape index (κ1) is 20.9. The molecule has 1 saturated heterocycles. The zero-order chi connectivity index (χ0) is 22.0. The Morgan fingerprint density at radius 3 is 2.87 bits per heavy atom. The SMILES string of the molecule is CCOC(=O)c1cc2c(=O)n3ccccc3nc2n(CC2CCCO2)c1=NC(=O)CC. The van der Waals surface area contributed by atoms with Crippen LogP contribution in [0.3, 0.4) is 0 Å². The van der Waals surface area contributed by atoms with E-state index >= 15 is 0 Å². The smallest absolute Gasteiger partial charge is 0.341 e. The first-order valence-corrected chi connectivity index (χ1v) is 10.4. The lowest BCUT2D eigenvalue weighted by molar-refractivity contribution is -0.117. The topological polar surface area (TPSA) is 104 Å². The van der Waals surface area contributed by atoms with Crippen LogP contribution in [-0.2, 0) is 20.8 Å². The fourth-order valence-corrected chi connectivity index (χ4v) is 3.72. The van der Waals surface area contributed by atoms with Gasteiger partial charge in [-0.25, -0.2) is 9.78 Å². The molecule has 4 heterocycles. The van der Waals surface area contributed by atoms with Crippen molar-refractivity contribution in [2.24, 2.45) is 4.99 Å². The molecule has 0 aliphatic carbocycles. The van der Waals surface area contributed by atoms with E-state index in [0.717, 1.165) is 12.8 Å². The molecule has 0 N–H and O–H groups in total. The lowest BCUT2D eigenvalue weighted by atomic mass is 10.2. The Balaban J connectivity index is 2.12. The summed E-state index contributed by atoms with van der Waals surface area (Å²) in [4.78, 5) is 47.1. The van der Waals surface area contributed by atoms with Crippen LogP contribution in [0.4, 0.5) is 0 Å². The molecule has 1 amide bonds. The number of ether oxygens (including phenoxy) is 2. The van der Waals surface area contributed by atoms with Crippen molar-refractivity contribution in [3.05, 3.63) is 51.9 Å². The number of amides is 1. The fraction of sp³-hybridized carbons (Fsp3) is 0.409. The van der Waals surface area contributed by atoms with Gasteiger partial charge in [0.1, 0.15) is 16.9 Å². The van der Waals surface area contributed by atoms with E-state index in [-0.39, 0.29) is 47.0 Å². The third-order valence-corrected chi connectivity index (χ3v) is 5.23. The van der Waals surface area contributed by atoms with Crippen molar-refractivity contribution in [2.75, 3.05) is 13.2 Å². The molecule has 162 valence electrons. The molecular formula is C22H24N4O5. The third kappa shape index (κ3) is 4.00. The minimum atomic E-state index is -0.647. The molecule has 3 aromatic heterocycles. The van der Waals surface area contributed by atoms with Gasteiger partial charge in [-0.15, -0.1) is 0 Å². The van der Waals surface area contributed by atoms with Gasteiger partial charge >= 0.3 is 5.97 Å². The van der Waals surface area contributed by atoms with Crippen LogP contribution >= 0.6 is 0 Å². The number of carbonyl (C=O) groups excluding carboxylic acids is 2. The van der Waals surface area contributed by atoms with Gasteiger partial charge in [0.05, 0.1) is 24.6 Å². The molecule has 0 aromatic carbocycles. The molecule has 0 radical (unpaired) electrons. The summed E-state index contributed by atoms with van der Waals surface area (Å²) >= 11 is 0. The lowest BCUT2D eigenvalue weighted by Crippen LogP contribution is -2.35. The van der Waals surface area contributed by atoms with Gasteiger partial charge in [0.15, 0.2) is 5.49 Å². The van der Waals surface area contributed by atoms with Gasteiger partial charge in [-0.3, -0.25) is 14.0 Å². The number of rotatable bonds is 5. The quantitative estimate of drug-likeness (QED) is 0.457. The highest BCUT2D eigenvalue weighted by Crippen LogP contribution is 2.17. The first-order chi connectivity index (χ1) is 15.0. The van der Waals surface area contributed by atoms with Crippen molar-refractivity contribution >= 4 is 28.6 Å². The molecule has 1 aliphatic rings. The second kappa shape index (κ2) is 8.81. The summed E-state index contributed by atoms with van der Waals surface area (Å²) in [5, 5.41) is 0.243. The summed E-state index contributed by atoms with van der Waals surface area (Å²) in [6, 6.07) is 6.68. The molecule has 1 atom stereocenters. The van der Waals surface area contributed by atoms with Gasteiger partial charge in [-0.05, 0) is 38.0 Å². The standard InChI is InChI=1S/C22H24N4O5/c1-3-18(27)24-20-16(22(29)30-4-2)12-15-19(26(20)13-14-8-7-11-31-14)23-17-9-5-6-10-25(17)21(15)28/h5-6,9-10,12,14H,3-4,7-8,11,13H2,1-2H3. The zero-order valence-corrected chi connectivity index (χ0v) is 17.5. The van der Waals surface area contributed by atoms with Crippen molar-refractivity contribution in [1.82, 2.24) is 14.0 Å². The van der Waals surface area contributed by atoms with Crippen LogP contribution in [0, 0.1) is 0 Å². The highest BCUT2D eigenvalue weighted by Gasteiger charge is 2.23. The maximum Gasteiger partial charge on any atom is 0.341 e. The van der Waals surface area contributed by atoms with E-state index in [1.54, 1.807) is 42.8 Å². The zero-order valence-electron chi connectivity index (χ0n) is 17.5. The van der Waals surface area contributed by atoms with E-state index < -0.39 is 5.97 Å². The Bertz CT molecular complexity index is 1280. The number of carbonyl (C=O) groups is 2. The number of aromatic nitrogens is 3. The Morgan fingerprint density at radius 1 is 1.32 bits per heavy atom. The van der Waals surface area contributed by atoms with Crippen molar-refractivity contribution in [2.45, 2.75) is 45.8 Å². The number of esters is 1. The van der Waals surface area contributed by atoms with E-state index in [1.165, 1.54) is 10.5 Å². The maximum absolute atomic E-state index is 13.2. The van der Waals surface area contributed by atoms with Crippen LogP contribution in [0.2, 0.25) is 0 Å². The first-order valence-electron chi connectivity index (χ1n) is 10.4. The summed E-state index contributed by atoms with van der Waals surface area (Å²) in [6.07, 6.45) is 3.41. The predicted octanol–water partition coefficient (Wildman–Crippen LogP) is 1.84. The van der Waals surface area contributed by atoms with Crippen molar-refractivity contribution in [1.29, 1.82) is 0 Å². The Morgan fingerprint density at radius 2 is 2.16 bits per heavy atom. The van der Waals surface area contributed by atoms with Gasteiger partial charge in [-0.1, -0.05) is 13.0 Å². The molecule has 9 nitrogen and oxygen atoms in total. The molecule has 0 bridgehead atoms. The number of hydrogen-bond donors (Lipinski definition) is 0. The van der Waals surface area contributed by atoms with Crippen molar-refractivity contribution < 1.29 is 19.1 Å². The number of hydrogen-bond acceptors (Lipinski definition) is 6. The molecule has 0 spiro atoms. The Labute approximate surface area is 178 Å².